The van der Waals surface area contributed by atoms with Crippen molar-refractivity contribution in [3.63, 3.8) is 0 Å². The summed E-state index contributed by atoms with van der Waals surface area (Å²) in [5.41, 5.74) is 3.44. The van der Waals surface area contributed by atoms with Crippen molar-refractivity contribution in [2.24, 2.45) is 5.84 Å². The molecular formula is C13H21N5O2. The van der Waals surface area contributed by atoms with E-state index < -0.39 is 0 Å². The van der Waals surface area contributed by atoms with Crippen LogP contribution in [0.2, 0.25) is 0 Å². The van der Waals surface area contributed by atoms with Crippen LogP contribution in [0.1, 0.15) is 13.3 Å². The van der Waals surface area contributed by atoms with Crippen LogP contribution in [0.4, 0.5) is 17.1 Å². The number of nitro benzene ring substituents is 1. The monoisotopic (exact) mass is 279 g/mol. The van der Waals surface area contributed by atoms with Gasteiger partial charge in [0.15, 0.2) is 0 Å². The summed E-state index contributed by atoms with van der Waals surface area (Å²) >= 11 is 0. The smallest absolute Gasteiger partial charge is 0.316 e. The number of nitrogens with one attached hydrogen (secondary N) is 1. The lowest BCUT2D eigenvalue weighted by Crippen LogP contribution is -2.38. The van der Waals surface area contributed by atoms with Crippen molar-refractivity contribution < 1.29 is 4.92 Å². The number of nitrogens with zero attached hydrogens (tertiary/aromatic N) is 3. The van der Waals surface area contributed by atoms with Crippen molar-refractivity contribution in [3.05, 3.63) is 28.3 Å². The second kappa shape index (κ2) is 6.06. The lowest BCUT2D eigenvalue weighted by atomic mass is 10.1. The van der Waals surface area contributed by atoms with Crippen molar-refractivity contribution in [2.75, 3.05) is 37.0 Å². The second-order valence-corrected chi connectivity index (χ2v) is 5.23. The molecule has 0 saturated carbocycles. The van der Waals surface area contributed by atoms with Crippen molar-refractivity contribution >= 4 is 17.1 Å². The Kier molecular flexibility index (Phi) is 4.41. The van der Waals surface area contributed by atoms with Gasteiger partial charge in [-0.25, -0.2) is 0 Å². The molecule has 20 heavy (non-hydrogen) atoms. The molecule has 1 fully saturated rings. The summed E-state index contributed by atoms with van der Waals surface area (Å²) in [6, 6.07) is 5.42. The number of likely N-dealkylation sites (N-methyl/N-ethyl adjacent to an activating group) is 1. The molecule has 1 aliphatic heterocycles. The maximum absolute atomic E-state index is 11.4. The van der Waals surface area contributed by atoms with Crippen LogP contribution in [0.15, 0.2) is 18.2 Å². The van der Waals surface area contributed by atoms with Crippen LogP contribution in [0.3, 0.4) is 0 Å². The van der Waals surface area contributed by atoms with Gasteiger partial charge < -0.3 is 15.2 Å². The van der Waals surface area contributed by atoms with Gasteiger partial charge in [-0.3, -0.25) is 16.0 Å². The molecule has 0 amide bonds. The molecule has 0 radical (unpaired) electrons. The van der Waals surface area contributed by atoms with Gasteiger partial charge in [-0.05, 0) is 39.1 Å². The van der Waals surface area contributed by atoms with Crippen molar-refractivity contribution in [2.45, 2.75) is 19.4 Å². The number of hydrogen-bond donors (Lipinski definition) is 2. The minimum atomic E-state index is -0.369. The fourth-order valence-electron chi connectivity index (χ4n) is 2.80. The Morgan fingerprint density at radius 1 is 1.45 bits per heavy atom. The van der Waals surface area contributed by atoms with E-state index in [4.69, 9.17) is 5.84 Å². The molecule has 0 bridgehead atoms. The third kappa shape index (κ3) is 2.83. The van der Waals surface area contributed by atoms with Crippen LogP contribution in [0.5, 0.6) is 0 Å². The maximum atomic E-state index is 11.4. The Bertz CT molecular complexity index is 494. The highest BCUT2D eigenvalue weighted by Crippen LogP contribution is 2.36. The maximum Gasteiger partial charge on any atom is 0.316 e. The van der Waals surface area contributed by atoms with E-state index in [2.05, 4.69) is 29.2 Å². The predicted molar refractivity (Wildman–Crippen MR) is 79.8 cm³/mol. The Labute approximate surface area is 118 Å². The zero-order valence-corrected chi connectivity index (χ0v) is 11.9. The van der Waals surface area contributed by atoms with Gasteiger partial charge in [0, 0.05) is 19.1 Å². The summed E-state index contributed by atoms with van der Waals surface area (Å²) in [6.45, 7) is 4.79. The van der Waals surface area contributed by atoms with E-state index in [9.17, 15) is 10.1 Å². The van der Waals surface area contributed by atoms with Gasteiger partial charge in [-0.1, -0.05) is 6.07 Å². The number of rotatable bonds is 3. The minimum Gasteiger partial charge on any atom is -0.362 e. The minimum absolute atomic E-state index is 0.0476. The highest BCUT2D eigenvalue weighted by Gasteiger charge is 2.28. The zero-order chi connectivity index (χ0) is 14.7. The number of para-hydroxylation sites is 1. The van der Waals surface area contributed by atoms with E-state index >= 15 is 0 Å². The number of anilines is 2. The first kappa shape index (κ1) is 14.5. The Morgan fingerprint density at radius 3 is 2.85 bits per heavy atom. The first-order chi connectivity index (χ1) is 9.54. The summed E-state index contributed by atoms with van der Waals surface area (Å²) in [6.07, 6.45) is 0.984. The average Bonchev–Trinajstić information content (AvgIpc) is 2.58. The Morgan fingerprint density at radius 2 is 2.20 bits per heavy atom. The number of nitrogens with two attached hydrogens (primary N) is 1. The Hall–Kier alpha value is -1.86. The normalized spacial score (nSPS) is 20.6. The summed E-state index contributed by atoms with van der Waals surface area (Å²) in [5, 5.41) is 11.4. The SMILES string of the molecule is CC1CN(C)CCCN1c1cccc(NN)c1[N+](=O)[O-]. The van der Waals surface area contributed by atoms with Crippen LogP contribution in [0.25, 0.3) is 0 Å². The highest BCUT2D eigenvalue weighted by molar-refractivity contribution is 5.77. The first-order valence-corrected chi connectivity index (χ1v) is 6.73. The standard InChI is InChI=1S/C13H21N5O2/c1-10-9-16(2)7-4-8-17(10)12-6-3-5-11(15-14)13(12)18(19)20/h3,5-6,10,15H,4,7-9,14H2,1-2H3. The number of nitro groups is 1. The zero-order valence-electron chi connectivity index (χ0n) is 11.9. The fraction of sp³-hybridized carbons (Fsp3) is 0.538. The number of benzene rings is 1. The molecule has 0 aliphatic carbocycles. The van der Waals surface area contributed by atoms with E-state index in [-0.39, 0.29) is 16.7 Å². The highest BCUT2D eigenvalue weighted by atomic mass is 16.6. The molecule has 1 aromatic rings. The summed E-state index contributed by atoms with van der Waals surface area (Å²) in [7, 11) is 2.08. The molecule has 1 heterocycles. The van der Waals surface area contributed by atoms with Crippen LogP contribution >= 0.6 is 0 Å². The number of nitrogen functional groups attached to an aromatic ring is 1. The lowest BCUT2D eigenvalue weighted by molar-refractivity contribution is -0.383. The van der Waals surface area contributed by atoms with Crippen molar-refractivity contribution in [1.82, 2.24) is 4.90 Å². The largest absolute Gasteiger partial charge is 0.362 e. The Balaban J connectivity index is 2.43. The van der Waals surface area contributed by atoms with Gasteiger partial charge in [-0.2, -0.15) is 0 Å². The third-order valence-corrected chi connectivity index (χ3v) is 3.71. The summed E-state index contributed by atoms with van der Waals surface area (Å²) in [5.74, 6) is 5.39. The van der Waals surface area contributed by atoms with Crippen LogP contribution in [-0.2, 0) is 0 Å². The van der Waals surface area contributed by atoms with E-state index in [0.29, 0.717) is 11.4 Å². The molecule has 0 spiro atoms. The molecule has 1 aliphatic rings. The summed E-state index contributed by atoms with van der Waals surface area (Å²) in [4.78, 5) is 15.4. The molecule has 3 N–H and O–H groups in total. The molecule has 1 atom stereocenters. The molecule has 0 aromatic heterocycles. The van der Waals surface area contributed by atoms with E-state index in [1.807, 2.05) is 0 Å². The van der Waals surface area contributed by atoms with Crippen molar-refractivity contribution in [3.8, 4) is 0 Å². The van der Waals surface area contributed by atoms with Gasteiger partial charge in [0.05, 0.1) is 4.92 Å². The van der Waals surface area contributed by atoms with E-state index in [1.54, 1.807) is 18.2 Å². The van der Waals surface area contributed by atoms with Crippen LogP contribution < -0.4 is 16.2 Å². The fourth-order valence-corrected chi connectivity index (χ4v) is 2.80. The van der Waals surface area contributed by atoms with Crippen LogP contribution in [0, 0.1) is 10.1 Å². The number of hydrazine groups is 1. The van der Waals surface area contributed by atoms with Gasteiger partial charge in [0.25, 0.3) is 0 Å². The second-order valence-electron chi connectivity index (χ2n) is 5.23. The third-order valence-electron chi connectivity index (χ3n) is 3.71. The van der Waals surface area contributed by atoms with Crippen LogP contribution in [-0.4, -0.2) is 42.5 Å². The van der Waals surface area contributed by atoms with Crippen molar-refractivity contribution in [1.29, 1.82) is 0 Å². The molecule has 1 saturated heterocycles. The van der Waals surface area contributed by atoms with Gasteiger partial charge >= 0.3 is 5.69 Å². The topological polar surface area (TPSA) is 87.7 Å². The lowest BCUT2D eigenvalue weighted by Gasteiger charge is -2.30. The van der Waals surface area contributed by atoms with E-state index in [0.717, 1.165) is 26.1 Å². The quantitative estimate of drug-likeness (QED) is 0.494. The number of hydrogen-bond acceptors (Lipinski definition) is 6. The molecule has 1 unspecified atom stereocenters. The van der Waals surface area contributed by atoms with Gasteiger partial charge in [0.1, 0.15) is 11.4 Å². The molecule has 7 nitrogen and oxygen atoms in total. The first-order valence-electron chi connectivity index (χ1n) is 6.73. The van der Waals surface area contributed by atoms with Gasteiger partial charge in [-0.15, -0.1) is 0 Å². The average molecular weight is 279 g/mol. The molecular weight excluding hydrogens is 258 g/mol. The predicted octanol–water partition coefficient (Wildman–Crippen LogP) is 1.41. The molecule has 7 heteroatoms. The molecule has 2 rings (SSSR count). The molecule has 1 aromatic carbocycles. The molecule has 110 valence electrons. The van der Waals surface area contributed by atoms with Gasteiger partial charge in [0.2, 0.25) is 0 Å². The van der Waals surface area contributed by atoms with E-state index in [1.165, 1.54) is 0 Å². The summed E-state index contributed by atoms with van der Waals surface area (Å²) < 4.78 is 0.